The van der Waals surface area contributed by atoms with Gasteiger partial charge in [-0.25, -0.2) is 4.98 Å². The van der Waals surface area contributed by atoms with Gasteiger partial charge in [0, 0.05) is 37.9 Å². The lowest BCUT2D eigenvalue weighted by atomic mass is 10.0. The van der Waals surface area contributed by atoms with E-state index in [1.807, 2.05) is 48.5 Å². The van der Waals surface area contributed by atoms with Crippen molar-refractivity contribution in [2.24, 2.45) is 0 Å². The lowest BCUT2D eigenvalue weighted by Crippen LogP contribution is -2.02. The molecule has 10 aromatic rings. The fourth-order valence-electron chi connectivity index (χ4n) is 6.70. The highest BCUT2D eigenvalue weighted by Crippen LogP contribution is 2.40. The molecule has 200 valence electrons. The summed E-state index contributed by atoms with van der Waals surface area (Å²) >= 11 is 0. The Morgan fingerprint density at radius 1 is 0.488 bits per heavy atom. The molecule has 5 nitrogen and oxygen atoms in total. The predicted molar refractivity (Wildman–Crippen MR) is 174 cm³/mol. The van der Waals surface area contributed by atoms with E-state index in [9.17, 15) is 0 Å². The molecule has 0 atom stereocenters. The molecule has 0 radical (unpaired) electrons. The van der Waals surface area contributed by atoms with Gasteiger partial charge in [0.25, 0.3) is 0 Å². The van der Waals surface area contributed by atoms with Crippen LogP contribution in [0, 0.1) is 0 Å². The van der Waals surface area contributed by atoms with Crippen molar-refractivity contribution in [1.82, 2.24) is 14.5 Å². The van der Waals surface area contributed by atoms with Crippen molar-refractivity contribution in [1.29, 1.82) is 0 Å². The van der Waals surface area contributed by atoms with E-state index in [0.717, 1.165) is 82.1 Å². The molecule has 0 N–H and O–H groups in total. The first-order valence-corrected chi connectivity index (χ1v) is 14.3. The van der Waals surface area contributed by atoms with E-state index in [0.29, 0.717) is 11.7 Å². The molecule has 4 heterocycles. The Kier molecular flexibility index (Phi) is 4.39. The van der Waals surface area contributed by atoms with Crippen molar-refractivity contribution in [2.75, 3.05) is 0 Å². The summed E-state index contributed by atoms with van der Waals surface area (Å²) in [4.78, 5) is 10.4. The van der Waals surface area contributed by atoms with Crippen molar-refractivity contribution in [3.8, 4) is 17.2 Å². The van der Waals surface area contributed by atoms with E-state index in [1.54, 1.807) is 0 Å². The highest BCUT2D eigenvalue weighted by Gasteiger charge is 2.22. The van der Waals surface area contributed by atoms with Gasteiger partial charge in [0.1, 0.15) is 16.7 Å². The minimum Gasteiger partial charge on any atom is -0.455 e. The van der Waals surface area contributed by atoms with E-state index < -0.39 is 0 Å². The van der Waals surface area contributed by atoms with Crippen LogP contribution in [0.25, 0.3) is 93.8 Å². The second kappa shape index (κ2) is 8.30. The van der Waals surface area contributed by atoms with Crippen LogP contribution in [-0.4, -0.2) is 14.5 Å². The predicted octanol–water partition coefficient (Wildman–Crippen LogP) is 10.2. The molecular formula is C38H21N3O2. The number of hydrogen-bond acceptors (Lipinski definition) is 4. The van der Waals surface area contributed by atoms with Gasteiger partial charge in [0.15, 0.2) is 0 Å². The van der Waals surface area contributed by atoms with Gasteiger partial charge in [-0.3, -0.25) is 4.57 Å². The van der Waals surface area contributed by atoms with E-state index in [1.165, 1.54) is 0 Å². The number of furan rings is 2. The number of nitrogens with zero attached hydrogens (tertiary/aromatic N) is 3. The molecule has 4 aromatic heterocycles. The average Bonchev–Trinajstić information content (AvgIpc) is 3.73. The van der Waals surface area contributed by atoms with Gasteiger partial charge in [0.2, 0.25) is 11.7 Å². The molecule has 0 aliphatic heterocycles. The van der Waals surface area contributed by atoms with E-state index in [-0.39, 0.29) is 0 Å². The van der Waals surface area contributed by atoms with Crippen molar-refractivity contribution in [2.45, 2.75) is 0 Å². The fourth-order valence-corrected chi connectivity index (χ4v) is 6.70. The van der Waals surface area contributed by atoms with Crippen LogP contribution in [0.1, 0.15) is 0 Å². The maximum atomic E-state index is 6.45. The quantitative estimate of drug-likeness (QED) is 0.214. The lowest BCUT2D eigenvalue weighted by Gasteiger charge is -2.10. The fraction of sp³-hybridized carbons (Fsp3) is 0. The summed E-state index contributed by atoms with van der Waals surface area (Å²) in [6.45, 7) is 0. The minimum absolute atomic E-state index is 0.563. The summed E-state index contributed by atoms with van der Waals surface area (Å²) in [6.07, 6.45) is 0. The Morgan fingerprint density at radius 2 is 1.21 bits per heavy atom. The molecule has 5 heteroatoms. The van der Waals surface area contributed by atoms with Crippen LogP contribution in [0.2, 0.25) is 0 Å². The molecule has 6 aromatic carbocycles. The molecule has 0 spiro atoms. The Hall–Kier alpha value is -5.94. The van der Waals surface area contributed by atoms with Gasteiger partial charge in [0.05, 0.1) is 22.1 Å². The summed E-state index contributed by atoms with van der Waals surface area (Å²) in [5.41, 5.74) is 7.03. The van der Waals surface area contributed by atoms with Crippen molar-refractivity contribution in [3.63, 3.8) is 0 Å². The van der Waals surface area contributed by atoms with E-state index >= 15 is 0 Å². The molecule has 43 heavy (non-hydrogen) atoms. The van der Waals surface area contributed by atoms with E-state index in [2.05, 4.69) is 83.4 Å². The number of benzene rings is 6. The third-order valence-corrected chi connectivity index (χ3v) is 8.63. The molecule has 0 aliphatic rings. The SMILES string of the molecule is c1ccc(-c2nc(-n3c4ccccc4c4cc5ccc6c7ccccc7oc6c5cc43)nc3oc4ccccc4c23)cc1. The monoisotopic (exact) mass is 551 g/mol. The van der Waals surface area contributed by atoms with Gasteiger partial charge >= 0.3 is 0 Å². The molecular weight excluding hydrogens is 530 g/mol. The van der Waals surface area contributed by atoms with Crippen LogP contribution >= 0.6 is 0 Å². The maximum absolute atomic E-state index is 6.45. The maximum Gasteiger partial charge on any atom is 0.238 e. The van der Waals surface area contributed by atoms with Crippen LogP contribution in [-0.2, 0) is 0 Å². The number of rotatable bonds is 2. The average molecular weight is 552 g/mol. The molecule has 0 saturated heterocycles. The number of hydrogen-bond donors (Lipinski definition) is 0. The van der Waals surface area contributed by atoms with Crippen LogP contribution in [0.4, 0.5) is 0 Å². The number of para-hydroxylation sites is 3. The molecule has 0 amide bonds. The van der Waals surface area contributed by atoms with Gasteiger partial charge in [-0.15, -0.1) is 0 Å². The summed E-state index contributed by atoms with van der Waals surface area (Å²) in [7, 11) is 0. The highest BCUT2D eigenvalue weighted by atomic mass is 16.3. The minimum atomic E-state index is 0.563. The Morgan fingerprint density at radius 3 is 2.07 bits per heavy atom. The van der Waals surface area contributed by atoms with Gasteiger partial charge in [-0.2, -0.15) is 4.98 Å². The second-order valence-corrected chi connectivity index (χ2v) is 11.0. The Bertz CT molecular complexity index is 2730. The summed E-state index contributed by atoms with van der Waals surface area (Å²) in [5.74, 6) is 0.563. The third-order valence-electron chi connectivity index (χ3n) is 8.63. The first-order valence-electron chi connectivity index (χ1n) is 14.3. The summed E-state index contributed by atoms with van der Waals surface area (Å²) in [5, 5.41) is 8.59. The molecule has 0 unspecified atom stereocenters. The van der Waals surface area contributed by atoms with Gasteiger partial charge < -0.3 is 8.83 Å². The first kappa shape index (κ1) is 22.7. The lowest BCUT2D eigenvalue weighted by molar-refractivity contribution is 0.651. The zero-order chi connectivity index (χ0) is 28.1. The first-order chi connectivity index (χ1) is 21.3. The van der Waals surface area contributed by atoms with Gasteiger partial charge in [-0.1, -0.05) is 91.0 Å². The van der Waals surface area contributed by atoms with Crippen molar-refractivity contribution in [3.05, 3.63) is 127 Å². The van der Waals surface area contributed by atoms with Crippen LogP contribution < -0.4 is 0 Å². The number of fused-ring (bicyclic) bond motifs is 11. The van der Waals surface area contributed by atoms with Crippen molar-refractivity contribution >= 4 is 76.6 Å². The topological polar surface area (TPSA) is 57.0 Å². The van der Waals surface area contributed by atoms with E-state index in [4.69, 9.17) is 18.8 Å². The normalized spacial score (nSPS) is 12.2. The largest absolute Gasteiger partial charge is 0.455 e. The summed E-state index contributed by atoms with van der Waals surface area (Å²) in [6, 6.07) is 43.8. The number of aromatic nitrogens is 3. The second-order valence-electron chi connectivity index (χ2n) is 11.0. The van der Waals surface area contributed by atoms with Crippen molar-refractivity contribution < 1.29 is 8.83 Å². The molecule has 10 rings (SSSR count). The smallest absolute Gasteiger partial charge is 0.238 e. The zero-order valence-electron chi connectivity index (χ0n) is 22.8. The Labute approximate surface area is 244 Å². The standard InChI is InChI=1S/C38H21N3O2/c1-2-10-22(11-3-1)35-34-27-14-6-9-17-33(27)43-37(34)40-38(39-35)41-30-15-7-4-12-24(30)29-20-23-18-19-26-25-13-5-8-16-32(25)42-36(26)28(23)21-31(29)41/h1-21H. The molecule has 0 fully saturated rings. The zero-order valence-corrected chi connectivity index (χ0v) is 22.8. The summed E-state index contributed by atoms with van der Waals surface area (Å²) < 4.78 is 15.0. The van der Waals surface area contributed by atoms with Crippen LogP contribution in [0.15, 0.2) is 136 Å². The van der Waals surface area contributed by atoms with Gasteiger partial charge in [-0.05, 0) is 41.8 Å². The molecule has 0 bridgehead atoms. The third kappa shape index (κ3) is 3.11. The van der Waals surface area contributed by atoms with Crippen LogP contribution in [0.3, 0.4) is 0 Å². The molecule has 0 aliphatic carbocycles. The molecule has 0 saturated carbocycles. The Balaban J connectivity index is 1.36. The highest BCUT2D eigenvalue weighted by molar-refractivity contribution is 6.20. The van der Waals surface area contributed by atoms with Crippen LogP contribution in [0.5, 0.6) is 0 Å².